The van der Waals surface area contributed by atoms with Gasteiger partial charge < -0.3 is 6.15 Å². The summed E-state index contributed by atoms with van der Waals surface area (Å²) in [5, 5.41) is 0. The molecule has 0 spiro atoms. The molecule has 3 rings (SSSR count). The molecule has 2 aliphatic rings. The summed E-state index contributed by atoms with van der Waals surface area (Å²) in [5.41, 5.74) is 2.25. The van der Waals surface area contributed by atoms with Crippen LogP contribution in [0.25, 0.3) is 0 Å². The van der Waals surface area contributed by atoms with Crippen molar-refractivity contribution in [3.63, 3.8) is 0 Å². The monoisotopic (exact) mass is 125 g/mol. The summed E-state index contributed by atoms with van der Waals surface area (Å²) in [7, 11) is 0. The van der Waals surface area contributed by atoms with Crippen LogP contribution in [0.5, 0.6) is 0 Å². The third kappa shape index (κ3) is 0.813. The highest BCUT2D eigenvalue weighted by atomic mass is 19.1. The second kappa shape index (κ2) is 1.81. The van der Waals surface area contributed by atoms with E-state index in [-0.39, 0.29) is 12.0 Å². The Bertz CT molecular complexity index is 211. The molecule has 0 saturated heterocycles. The summed E-state index contributed by atoms with van der Waals surface area (Å²) in [6, 6.07) is 5.16. The minimum Gasteiger partial charge on any atom is -0.344 e. The second-order valence-electron chi connectivity index (χ2n) is 2.14. The highest BCUT2D eigenvalue weighted by Gasteiger charge is 2.09. The Hall–Kier alpha value is -0.890. The number of rotatable bonds is 0. The summed E-state index contributed by atoms with van der Waals surface area (Å²) in [5.74, 6) is -0.0937. The largest absolute Gasteiger partial charge is 0.344 e. The Kier molecular flexibility index (Phi) is 1.25. The number of halogens is 1. The molecule has 0 heterocycles. The molecule has 0 unspecified atom stereocenters. The molecule has 0 atom stereocenters. The lowest BCUT2D eigenvalue weighted by Gasteiger charge is -2.12. The molecule has 2 heteroatoms. The first kappa shape index (κ1) is 6.23. The van der Waals surface area contributed by atoms with Crippen molar-refractivity contribution in [3.05, 3.63) is 35.1 Å². The van der Waals surface area contributed by atoms with Crippen molar-refractivity contribution in [2.75, 3.05) is 0 Å². The van der Waals surface area contributed by atoms with E-state index >= 15 is 0 Å². The van der Waals surface area contributed by atoms with E-state index in [0.29, 0.717) is 0 Å². The van der Waals surface area contributed by atoms with Gasteiger partial charge in [0, 0.05) is 0 Å². The van der Waals surface area contributed by atoms with Crippen LogP contribution in [0, 0.1) is 5.82 Å². The Morgan fingerprint density at radius 1 is 1.11 bits per heavy atom. The highest BCUT2D eigenvalue weighted by Crippen LogP contribution is 2.21. The van der Waals surface area contributed by atoms with Crippen molar-refractivity contribution in [1.29, 1.82) is 0 Å². The zero-order valence-electron chi connectivity index (χ0n) is 5.02. The van der Waals surface area contributed by atoms with E-state index in [1.165, 1.54) is 0 Å². The van der Waals surface area contributed by atoms with Gasteiger partial charge in [-0.2, -0.15) is 0 Å². The molecule has 1 aromatic carbocycles. The first-order valence-corrected chi connectivity index (χ1v) is 2.63. The smallest absolute Gasteiger partial charge is 0.123 e. The van der Waals surface area contributed by atoms with Crippen LogP contribution in [0.4, 0.5) is 4.39 Å². The first-order valence-electron chi connectivity index (χ1n) is 2.63. The van der Waals surface area contributed by atoms with Crippen molar-refractivity contribution in [2.45, 2.75) is 6.42 Å². The Morgan fingerprint density at radius 2 is 1.56 bits per heavy atom. The Balaban J connectivity index is 0.000000405. The third-order valence-electron chi connectivity index (χ3n) is 1.43. The maximum absolute atomic E-state index is 12.2. The van der Waals surface area contributed by atoms with Crippen molar-refractivity contribution < 1.29 is 4.39 Å². The van der Waals surface area contributed by atoms with Gasteiger partial charge in [-0.1, -0.05) is 6.07 Å². The van der Waals surface area contributed by atoms with E-state index in [9.17, 15) is 4.39 Å². The maximum Gasteiger partial charge on any atom is 0.123 e. The summed E-state index contributed by atoms with van der Waals surface area (Å²) in [6.07, 6.45) is 0.980. The van der Waals surface area contributed by atoms with Gasteiger partial charge in [0.05, 0.1) is 0 Å². The fourth-order valence-corrected chi connectivity index (χ4v) is 1.03. The van der Waals surface area contributed by atoms with Gasteiger partial charge in [-0.3, -0.25) is 0 Å². The topological polar surface area (TPSA) is 35.0 Å². The first-order chi connectivity index (χ1) is 3.84. The normalized spacial score (nSPS) is 11.7. The second-order valence-corrected chi connectivity index (χ2v) is 2.14. The molecule has 48 valence electrons. The maximum atomic E-state index is 12.2. The number of fused-ring (bicyclic) bond motifs is 2. The average Bonchev–Trinajstić information content (AvgIpc) is 1.62. The predicted molar refractivity (Wildman–Crippen MR) is 34.2 cm³/mol. The lowest BCUT2D eigenvalue weighted by molar-refractivity contribution is 0.619. The molecule has 0 fully saturated rings. The van der Waals surface area contributed by atoms with Gasteiger partial charge in [-0.25, -0.2) is 4.39 Å². The SMILES string of the molecule is Fc1cc2cc(c1)C2.N. The van der Waals surface area contributed by atoms with Crippen molar-refractivity contribution in [2.24, 2.45) is 0 Å². The lowest BCUT2D eigenvalue weighted by atomic mass is 9.93. The standard InChI is InChI=1S/C7H5F.H3N/c8-7-3-5-1-6(2-5)4-7;/h1,3-4H,2H2;1H3. The molecule has 0 aromatic heterocycles. The van der Waals surface area contributed by atoms with E-state index in [4.69, 9.17) is 0 Å². The molecular formula is C7H8FN. The quantitative estimate of drug-likeness (QED) is 0.573. The van der Waals surface area contributed by atoms with Crippen LogP contribution in [-0.4, -0.2) is 0 Å². The lowest BCUT2D eigenvalue weighted by Crippen LogP contribution is -2.00. The number of hydrogen-bond donors (Lipinski definition) is 1. The molecule has 0 radical (unpaired) electrons. The van der Waals surface area contributed by atoms with Crippen LogP contribution in [-0.2, 0) is 6.42 Å². The minimum absolute atomic E-state index is 0. The molecule has 9 heavy (non-hydrogen) atoms. The van der Waals surface area contributed by atoms with Crippen LogP contribution in [0.15, 0.2) is 18.2 Å². The summed E-state index contributed by atoms with van der Waals surface area (Å²) in [6.45, 7) is 0. The molecule has 0 amide bonds. The van der Waals surface area contributed by atoms with Crippen LogP contribution in [0.1, 0.15) is 11.1 Å². The molecular weight excluding hydrogens is 117 g/mol. The van der Waals surface area contributed by atoms with Crippen molar-refractivity contribution in [1.82, 2.24) is 6.15 Å². The minimum atomic E-state index is -0.0937. The van der Waals surface area contributed by atoms with Gasteiger partial charge in [-0.05, 0) is 29.7 Å². The zero-order chi connectivity index (χ0) is 5.56. The zero-order valence-corrected chi connectivity index (χ0v) is 5.02. The van der Waals surface area contributed by atoms with E-state index in [2.05, 4.69) is 0 Å². The molecule has 0 aliphatic heterocycles. The van der Waals surface area contributed by atoms with Crippen LogP contribution >= 0.6 is 0 Å². The van der Waals surface area contributed by atoms with E-state index in [0.717, 1.165) is 17.5 Å². The highest BCUT2D eigenvalue weighted by molar-refractivity contribution is 5.37. The molecule has 1 aromatic rings. The Morgan fingerprint density at radius 3 is 1.78 bits per heavy atom. The molecule has 2 bridgehead atoms. The average molecular weight is 125 g/mol. The molecule has 0 saturated carbocycles. The fourth-order valence-electron chi connectivity index (χ4n) is 1.03. The van der Waals surface area contributed by atoms with Crippen LogP contribution in [0.3, 0.4) is 0 Å². The van der Waals surface area contributed by atoms with Gasteiger partial charge in [0.25, 0.3) is 0 Å². The number of benzene rings is 1. The van der Waals surface area contributed by atoms with Gasteiger partial charge >= 0.3 is 0 Å². The van der Waals surface area contributed by atoms with Gasteiger partial charge in [0.15, 0.2) is 0 Å². The predicted octanol–water partition coefficient (Wildman–Crippen LogP) is 1.89. The molecule has 3 N–H and O–H groups in total. The van der Waals surface area contributed by atoms with Gasteiger partial charge in [0.2, 0.25) is 0 Å². The summed E-state index contributed by atoms with van der Waals surface area (Å²) in [4.78, 5) is 0. The van der Waals surface area contributed by atoms with Crippen LogP contribution in [0.2, 0.25) is 0 Å². The molecule has 2 aliphatic carbocycles. The van der Waals surface area contributed by atoms with Gasteiger partial charge in [0.1, 0.15) is 5.82 Å². The van der Waals surface area contributed by atoms with E-state index in [1.54, 1.807) is 12.1 Å². The Labute approximate surface area is 53.1 Å². The summed E-state index contributed by atoms with van der Waals surface area (Å²) >= 11 is 0. The van der Waals surface area contributed by atoms with Crippen molar-refractivity contribution in [3.8, 4) is 0 Å². The number of hydrogen-bond acceptors (Lipinski definition) is 1. The van der Waals surface area contributed by atoms with Crippen LogP contribution < -0.4 is 6.15 Å². The van der Waals surface area contributed by atoms with E-state index < -0.39 is 0 Å². The fraction of sp³-hybridized carbons (Fsp3) is 0.143. The summed E-state index contributed by atoms with van der Waals surface area (Å²) < 4.78 is 12.2. The van der Waals surface area contributed by atoms with Gasteiger partial charge in [-0.15, -0.1) is 0 Å². The molecule has 1 nitrogen and oxygen atoms in total. The third-order valence-corrected chi connectivity index (χ3v) is 1.43. The van der Waals surface area contributed by atoms with Crippen molar-refractivity contribution >= 4 is 0 Å². The van der Waals surface area contributed by atoms with E-state index in [1.807, 2.05) is 6.07 Å².